The summed E-state index contributed by atoms with van der Waals surface area (Å²) >= 11 is 0. The minimum Gasteiger partial charge on any atom is -0.463 e. The molecule has 0 aromatic heterocycles. The van der Waals surface area contributed by atoms with Crippen LogP contribution in [0.2, 0.25) is 0 Å². The highest BCUT2D eigenvalue weighted by atomic mass is 16.6. The second kappa shape index (κ2) is 59.0. The number of rotatable bonds is 58. The van der Waals surface area contributed by atoms with Gasteiger partial charge in [-0.15, -0.1) is 0 Å². The van der Waals surface area contributed by atoms with Crippen molar-refractivity contribution in [2.24, 2.45) is 0 Å². The number of unbranched alkanes of at least 4 members (excludes halogenated alkanes) is 21. The molecule has 0 saturated carbocycles. The van der Waals surface area contributed by atoms with Gasteiger partial charge < -0.3 is 56.8 Å². The lowest BCUT2D eigenvalue weighted by Crippen LogP contribution is -2.15. The quantitative estimate of drug-likeness (QED) is 0.0425. The summed E-state index contributed by atoms with van der Waals surface area (Å²) in [5, 5.41) is 0. The van der Waals surface area contributed by atoms with Gasteiger partial charge in [0.1, 0.15) is 6.61 Å². The van der Waals surface area contributed by atoms with Gasteiger partial charge >= 0.3 is 5.97 Å². The zero-order valence-corrected chi connectivity index (χ0v) is 41.0. The van der Waals surface area contributed by atoms with E-state index in [2.05, 4.69) is 13.8 Å². The van der Waals surface area contributed by atoms with Crippen LogP contribution < -0.4 is 0 Å². The van der Waals surface area contributed by atoms with Crippen molar-refractivity contribution in [1.82, 2.24) is 0 Å². The Hall–Kier alpha value is -0.970. The summed E-state index contributed by atoms with van der Waals surface area (Å²) in [5.41, 5.74) is 0. The summed E-state index contributed by atoms with van der Waals surface area (Å²) < 4.78 is 66.1. The number of carbonyl (C=O) groups is 1. The number of esters is 1. The highest BCUT2D eigenvalue weighted by Gasteiger charge is 2.03. The van der Waals surface area contributed by atoms with E-state index >= 15 is 0 Å². The summed E-state index contributed by atoms with van der Waals surface area (Å²) in [6.45, 7) is 16.5. The summed E-state index contributed by atoms with van der Waals surface area (Å²) in [5.74, 6) is -0.138. The van der Waals surface area contributed by atoms with Gasteiger partial charge in [-0.05, 0) is 12.8 Å². The Labute approximate surface area is 386 Å². The van der Waals surface area contributed by atoms with Crippen LogP contribution in [0.25, 0.3) is 0 Å². The molecule has 0 atom stereocenters. The molecule has 0 spiro atoms. The Morgan fingerprint density at radius 2 is 0.413 bits per heavy atom. The molecule has 0 saturated heterocycles. The first kappa shape index (κ1) is 62.0. The van der Waals surface area contributed by atoms with Crippen LogP contribution >= 0.6 is 0 Å². The molecule has 0 radical (unpaired) electrons. The summed E-state index contributed by atoms with van der Waals surface area (Å²) in [7, 11) is 0. The fourth-order valence-electron chi connectivity index (χ4n) is 6.57. The molecule has 0 aromatic rings. The van der Waals surface area contributed by atoms with E-state index in [0.717, 1.165) is 25.9 Å². The van der Waals surface area contributed by atoms with Crippen molar-refractivity contribution in [3.63, 3.8) is 0 Å². The molecule has 0 N–H and O–H groups in total. The molecule has 0 fully saturated rings. The lowest BCUT2D eigenvalue weighted by atomic mass is 10.0. The van der Waals surface area contributed by atoms with Gasteiger partial charge in [-0.25, -0.2) is 0 Å². The lowest BCUT2D eigenvalue weighted by Gasteiger charge is -2.09. The molecule has 0 bridgehead atoms. The van der Waals surface area contributed by atoms with Crippen LogP contribution in [0.15, 0.2) is 0 Å². The Balaban J connectivity index is 3.09. The second-order valence-electron chi connectivity index (χ2n) is 16.1. The van der Waals surface area contributed by atoms with Crippen molar-refractivity contribution in [3.8, 4) is 0 Å². The fourth-order valence-corrected chi connectivity index (χ4v) is 6.57. The normalized spacial score (nSPS) is 11.6. The van der Waals surface area contributed by atoms with Crippen LogP contribution in [0.4, 0.5) is 0 Å². The van der Waals surface area contributed by atoms with E-state index in [-0.39, 0.29) is 12.6 Å². The third-order valence-electron chi connectivity index (χ3n) is 10.3. The monoisotopic (exact) mass is 909 g/mol. The molecule has 0 rings (SSSR count). The smallest absolute Gasteiger partial charge is 0.305 e. The summed E-state index contributed by atoms with van der Waals surface area (Å²) in [6.07, 6.45) is 31.0. The first-order valence-electron chi connectivity index (χ1n) is 25.8. The molecule has 0 heterocycles. The molecular weight excluding hydrogens is 809 g/mol. The largest absolute Gasteiger partial charge is 0.463 e. The maximum absolute atomic E-state index is 11.7. The molecule has 378 valence electrons. The SMILES string of the molecule is CCCCCCCCCCCCCCCCCCOCCOCCOCCOCCOCCOCCOCCOCCOCCOCCOCCOC(=O)CCCCCCCCC. The van der Waals surface area contributed by atoms with Gasteiger partial charge in [0, 0.05) is 13.0 Å². The Morgan fingerprint density at radius 1 is 0.222 bits per heavy atom. The van der Waals surface area contributed by atoms with Gasteiger partial charge in [-0.2, -0.15) is 0 Å². The molecule has 13 heteroatoms. The minimum atomic E-state index is -0.138. The van der Waals surface area contributed by atoms with Crippen molar-refractivity contribution in [1.29, 1.82) is 0 Å². The van der Waals surface area contributed by atoms with Crippen molar-refractivity contribution >= 4 is 5.97 Å². The van der Waals surface area contributed by atoms with E-state index in [4.69, 9.17) is 56.8 Å². The maximum Gasteiger partial charge on any atom is 0.305 e. The van der Waals surface area contributed by atoms with Gasteiger partial charge in [0.15, 0.2) is 0 Å². The lowest BCUT2D eigenvalue weighted by molar-refractivity contribution is -0.145. The standard InChI is InChI=1S/C50H100O13/c1-3-5-7-9-11-12-13-14-15-16-17-18-19-21-23-25-27-52-28-29-53-30-31-54-32-33-55-34-35-56-36-37-57-38-39-58-40-41-59-42-43-60-44-45-61-46-47-62-48-49-63-50(51)26-24-22-20-10-8-6-4-2/h3-49H2,1-2H3. The predicted octanol–water partition coefficient (Wildman–Crippen LogP) is 10.1. The predicted molar refractivity (Wildman–Crippen MR) is 252 cm³/mol. The zero-order valence-electron chi connectivity index (χ0n) is 41.0. The third kappa shape index (κ3) is 59.0. The van der Waals surface area contributed by atoms with Crippen molar-refractivity contribution < 1.29 is 61.6 Å². The van der Waals surface area contributed by atoms with Crippen molar-refractivity contribution in [3.05, 3.63) is 0 Å². The maximum atomic E-state index is 11.7. The minimum absolute atomic E-state index is 0.138. The van der Waals surface area contributed by atoms with Crippen LogP contribution in [0, 0.1) is 0 Å². The van der Waals surface area contributed by atoms with Crippen LogP contribution in [-0.2, 0) is 61.6 Å². The van der Waals surface area contributed by atoms with E-state index in [1.807, 2.05) is 0 Å². The van der Waals surface area contributed by atoms with Crippen LogP contribution in [0.3, 0.4) is 0 Å². The Morgan fingerprint density at radius 3 is 0.667 bits per heavy atom. The molecule has 0 aliphatic carbocycles. The van der Waals surface area contributed by atoms with Crippen LogP contribution in [0.1, 0.15) is 168 Å². The van der Waals surface area contributed by atoms with Crippen LogP contribution in [-0.4, -0.2) is 158 Å². The average Bonchev–Trinajstić information content (AvgIpc) is 3.29. The van der Waals surface area contributed by atoms with Gasteiger partial charge in [0.05, 0.1) is 139 Å². The Bertz CT molecular complexity index is 825. The van der Waals surface area contributed by atoms with Gasteiger partial charge in [-0.3, -0.25) is 4.79 Å². The first-order chi connectivity index (χ1) is 31.3. The first-order valence-corrected chi connectivity index (χ1v) is 25.8. The zero-order chi connectivity index (χ0) is 45.3. The Kier molecular flexibility index (Phi) is 58.1. The molecular formula is C50H100O13. The number of carbonyl (C=O) groups excluding carboxylic acids is 1. The molecule has 0 aliphatic heterocycles. The molecule has 0 aromatic carbocycles. The van der Waals surface area contributed by atoms with Crippen molar-refractivity contribution in [2.75, 3.05) is 152 Å². The molecule has 0 aliphatic rings. The van der Waals surface area contributed by atoms with E-state index in [9.17, 15) is 4.79 Å². The van der Waals surface area contributed by atoms with Crippen LogP contribution in [0.5, 0.6) is 0 Å². The highest BCUT2D eigenvalue weighted by Crippen LogP contribution is 2.14. The summed E-state index contributed by atoms with van der Waals surface area (Å²) in [4.78, 5) is 11.7. The van der Waals surface area contributed by atoms with Gasteiger partial charge in [0.2, 0.25) is 0 Å². The molecule has 0 amide bonds. The average molecular weight is 909 g/mol. The highest BCUT2D eigenvalue weighted by molar-refractivity contribution is 5.69. The van der Waals surface area contributed by atoms with Gasteiger partial charge in [0.25, 0.3) is 0 Å². The second-order valence-corrected chi connectivity index (χ2v) is 16.1. The number of hydrogen-bond acceptors (Lipinski definition) is 13. The molecule has 13 nitrogen and oxygen atoms in total. The number of ether oxygens (including phenoxy) is 12. The third-order valence-corrected chi connectivity index (χ3v) is 10.3. The van der Waals surface area contributed by atoms with E-state index in [1.165, 1.54) is 128 Å². The topological polar surface area (TPSA) is 128 Å². The van der Waals surface area contributed by atoms with E-state index in [0.29, 0.717) is 145 Å². The fraction of sp³-hybridized carbons (Fsp3) is 0.980. The van der Waals surface area contributed by atoms with Gasteiger partial charge in [-0.1, -0.05) is 149 Å². The van der Waals surface area contributed by atoms with Crippen molar-refractivity contribution in [2.45, 2.75) is 168 Å². The molecule has 63 heavy (non-hydrogen) atoms. The molecule has 0 unspecified atom stereocenters. The van der Waals surface area contributed by atoms with E-state index < -0.39 is 0 Å². The number of hydrogen-bond donors (Lipinski definition) is 0. The summed E-state index contributed by atoms with van der Waals surface area (Å²) in [6, 6.07) is 0. The van der Waals surface area contributed by atoms with E-state index in [1.54, 1.807) is 0 Å².